The third-order valence-electron chi connectivity index (χ3n) is 4.31. The second-order valence-corrected chi connectivity index (χ2v) is 8.28. The molecular formula is C21H18ClNO6S. The Bertz CT molecular complexity index is 1190. The lowest BCUT2D eigenvalue weighted by Gasteiger charge is -2.14. The van der Waals surface area contributed by atoms with E-state index in [4.69, 9.17) is 21.1 Å². The van der Waals surface area contributed by atoms with Crippen LogP contribution in [0.3, 0.4) is 0 Å². The minimum absolute atomic E-state index is 0.123. The Morgan fingerprint density at radius 2 is 1.67 bits per heavy atom. The highest BCUT2D eigenvalue weighted by molar-refractivity contribution is 7.92. The normalized spacial score (nSPS) is 11.0. The number of rotatable bonds is 7. The lowest BCUT2D eigenvalue weighted by molar-refractivity contribution is 0.0692. The number of benzene rings is 3. The van der Waals surface area contributed by atoms with Gasteiger partial charge in [0.2, 0.25) is 0 Å². The Hall–Kier alpha value is -3.23. The van der Waals surface area contributed by atoms with Gasteiger partial charge in [0.25, 0.3) is 10.0 Å². The Balaban J connectivity index is 2.02. The Morgan fingerprint density at radius 3 is 2.27 bits per heavy atom. The number of hydrogen-bond donors (Lipinski definition) is 2. The number of carboxylic acid groups (broad SMARTS) is 1. The molecule has 0 aliphatic carbocycles. The minimum atomic E-state index is -4.19. The highest BCUT2D eigenvalue weighted by Crippen LogP contribution is 2.34. The van der Waals surface area contributed by atoms with E-state index >= 15 is 0 Å². The molecule has 0 atom stereocenters. The van der Waals surface area contributed by atoms with Crippen molar-refractivity contribution >= 4 is 33.3 Å². The van der Waals surface area contributed by atoms with E-state index in [0.717, 1.165) is 17.7 Å². The van der Waals surface area contributed by atoms with Gasteiger partial charge in [0.05, 0.1) is 19.8 Å². The Kier molecular flexibility index (Phi) is 6.19. The number of anilines is 1. The molecule has 0 heterocycles. The van der Waals surface area contributed by atoms with Crippen LogP contribution >= 0.6 is 11.6 Å². The Labute approximate surface area is 178 Å². The fourth-order valence-corrected chi connectivity index (χ4v) is 4.28. The van der Waals surface area contributed by atoms with Crippen LogP contribution in [0.1, 0.15) is 10.4 Å². The summed E-state index contributed by atoms with van der Waals surface area (Å²) >= 11 is 5.81. The van der Waals surface area contributed by atoms with Gasteiger partial charge in [-0.05, 0) is 54.1 Å². The predicted molar refractivity (Wildman–Crippen MR) is 114 cm³/mol. The second kappa shape index (κ2) is 8.64. The van der Waals surface area contributed by atoms with Gasteiger partial charge in [-0.25, -0.2) is 13.2 Å². The molecule has 0 aliphatic rings. The molecule has 156 valence electrons. The molecule has 0 spiro atoms. The first kappa shape index (κ1) is 21.5. The molecule has 2 N–H and O–H groups in total. The molecule has 3 aromatic carbocycles. The number of hydrogen-bond acceptors (Lipinski definition) is 5. The molecule has 0 saturated heterocycles. The average Bonchev–Trinajstić information content (AvgIpc) is 2.73. The first-order valence-corrected chi connectivity index (χ1v) is 10.5. The lowest BCUT2D eigenvalue weighted by Crippen LogP contribution is -2.17. The SMILES string of the molecule is COc1ccc(-c2cc(NS(=O)(=O)c3ccc(Cl)cc3C(=O)O)ccc2OC)cc1. The van der Waals surface area contributed by atoms with Crippen molar-refractivity contribution in [2.45, 2.75) is 4.90 Å². The van der Waals surface area contributed by atoms with Crippen molar-refractivity contribution in [3.8, 4) is 22.6 Å². The predicted octanol–water partition coefficient (Wildman–Crippen LogP) is 4.52. The molecule has 3 rings (SSSR count). The van der Waals surface area contributed by atoms with Crippen molar-refractivity contribution in [1.82, 2.24) is 0 Å². The van der Waals surface area contributed by atoms with E-state index in [1.54, 1.807) is 31.4 Å². The third-order valence-corrected chi connectivity index (χ3v) is 5.99. The van der Waals surface area contributed by atoms with Crippen molar-refractivity contribution in [2.24, 2.45) is 0 Å². The molecule has 0 amide bonds. The van der Waals surface area contributed by atoms with Gasteiger partial charge in [-0.15, -0.1) is 0 Å². The van der Waals surface area contributed by atoms with Crippen molar-refractivity contribution in [3.05, 3.63) is 71.2 Å². The first-order chi connectivity index (χ1) is 14.2. The molecule has 0 unspecified atom stereocenters. The van der Waals surface area contributed by atoms with Crippen molar-refractivity contribution < 1.29 is 27.8 Å². The highest BCUT2D eigenvalue weighted by Gasteiger charge is 2.23. The van der Waals surface area contributed by atoms with Crippen LogP contribution in [0.15, 0.2) is 65.6 Å². The maximum absolute atomic E-state index is 12.9. The number of ether oxygens (including phenoxy) is 2. The lowest BCUT2D eigenvalue weighted by atomic mass is 10.0. The molecule has 0 radical (unpaired) electrons. The molecule has 0 fully saturated rings. The van der Waals surface area contributed by atoms with Gasteiger partial charge >= 0.3 is 5.97 Å². The van der Waals surface area contributed by atoms with Gasteiger partial charge in [0.1, 0.15) is 16.4 Å². The minimum Gasteiger partial charge on any atom is -0.497 e. The Morgan fingerprint density at radius 1 is 0.967 bits per heavy atom. The molecule has 9 heteroatoms. The van der Waals surface area contributed by atoms with E-state index in [-0.39, 0.29) is 15.6 Å². The van der Waals surface area contributed by atoms with Crippen molar-refractivity contribution in [3.63, 3.8) is 0 Å². The van der Waals surface area contributed by atoms with Crippen LogP contribution in [0.25, 0.3) is 11.1 Å². The maximum atomic E-state index is 12.9. The maximum Gasteiger partial charge on any atom is 0.337 e. The first-order valence-electron chi connectivity index (χ1n) is 8.63. The highest BCUT2D eigenvalue weighted by atomic mass is 35.5. The zero-order chi connectivity index (χ0) is 21.9. The van der Waals surface area contributed by atoms with Crippen LogP contribution in [0.4, 0.5) is 5.69 Å². The molecule has 0 aliphatic heterocycles. The number of aromatic carboxylic acids is 1. The summed E-state index contributed by atoms with van der Waals surface area (Å²) < 4.78 is 38.7. The molecule has 7 nitrogen and oxygen atoms in total. The average molecular weight is 448 g/mol. The molecule has 0 bridgehead atoms. The number of sulfonamides is 1. The summed E-state index contributed by atoms with van der Waals surface area (Å²) in [6, 6.07) is 15.5. The topological polar surface area (TPSA) is 102 Å². The number of carboxylic acids is 1. The van der Waals surface area contributed by atoms with Crippen LogP contribution in [-0.2, 0) is 10.0 Å². The van der Waals surface area contributed by atoms with Gasteiger partial charge in [-0.1, -0.05) is 23.7 Å². The van der Waals surface area contributed by atoms with E-state index in [1.165, 1.54) is 19.2 Å². The van der Waals surface area contributed by atoms with Crippen LogP contribution in [0, 0.1) is 0 Å². The second-order valence-electron chi connectivity index (χ2n) is 6.19. The standard InChI is InChI=1S/C21H18ClNO6S/c1-28-16-7-3-13(4-8-16)17-12-15(6-9-19(17)29-2)23-30(26,27)20-10-5-14(22)11-18(20)21(24)25/h3-12,23H,1-2H3,(H,24,25). The van der Waals surface area contributed by atoms with Gasteiger partial charge < -0.3 is 14.6 Å². The van der Waals surface area contributed by atoms with Crippen LogP contribution in [0.5, 0.6) is 11.5 Å². The van der Waals surface area contributed by atoms with Crippen LogP contribution < -0.4 is 14.2 Å². The van der Waals surface area contributed by atoms with Gasteiger partial charge in [-0.3, -0.25) is 4.72 Å². The third kappa shape index (κ3) is 4.50. The summed E-state index contributed by atoms with van der Waals surface area (Å²) in [4.78, 5) is 11.1. The quantitative estimate of drug-likeness (QED) is 0.552. The molecule has 3 aromatic rings. The monoisotopic (exact) mass is 447 g/mol. The van der Waals surface area contributed by atoms with Crippen LogP contribution in [0.2, 0.25) is 5.02 Å². The van der Waals surface area contributed by atoms with Crippen LogP contribution in [-0.4, -0.2) is 33.7 Å². The summed E-state index contributed by atoms with van der Waals surface area (Å²) in [6.07, 6.45) is 0. The number of carbonyl (C=O) groups is 1. The van der Waals surface area contributed by atoms with E-state index in [2.05, 4.69) is 4.72 Å². The van der Waals surface area contributed by atoms with E-state index in [0.29, 0.717) is 17.1 Å². The molecule has 0 aromatic heterocycles. The summed E-state index contributed by atoms with van der Waals surface area (Å²) in [7, 11) is -1.11. The van der Waals surface area contributed by atoms with Gasteiger partial charge in [-0.2, -0.15) is 0 Å². The summed E-state index contributed by atoms with van der Waals surface area (Å²) in [6.45, 7) is 0. The fourth-order valence-electron chi connectivity index (χ4n) is 2.88. The zero-order valence-electron chi connectivity index (χ0n) is 16.0. The fraction of sp³-hybridized carbons (Fsp3) is 0.0952. The largest absolute Gasteiger partial charge is 0.497 e. The molecular weight excluding hydrogens is 430 g/mol. The van der Waals surface area contributed by atoms with Crippen molar-refractivity contribution in [2.75, 3.05) is 18.9 Å². The summed E-state index contributed by atoms with van der Waals surface area (Å²) in [5, 5.41) is 9.47. The van der Waals surface area contributed by atoms with Crippen molar-refractivity contribution in [1.29, 1.82) is 0 Å². The number of nitrogens with one attached hydrogen (secondary N) is 1. The molecule has 30 heavy (non-hydrogen) atoms. The van der Waals surface area contributed by atoms with E-state index in [9.17, 15) is 18.3 Å². The summed E-state index contributed by atoms with van der Waals surface area (Å²) in [5.41, 5.74) is 1.26. The van der Waals surface area contributed by atoms with E-state index < -0.39 is 21.6 Å². The van der Waals surface area contributed by atoms with Gasteiger partial charge in [0, 0.05) is 16.3 Å². The summed E-state index contributed by atoms with van der Waals surface area (Å²) in [5.74, 6) is -0.175. The van der Waals surface area contributed by atoms with Gasteiger partial charge in [0.15, 0.2) is 0 Å². The smallest absolute Gasteiger partial charge is 0.337 e. The molecule has 0 saturated carbocycles. The zero-order valence-corrected chi connectivity index (χ0v) is 17.6. The van der Waals surface area contributed by atoms with E-state index in [1.807, 2.05) is 12.1 Å². The number of halogens is 1. The number of methoxy groups -OCH3 is 2.